The maximum Gasteiger partial charge on any atom is 0.239 e. The first-order valence-electron chi connectivity index (χ1n) is 7.88. The Hall–Kier alpha value is -1.10. The molecule has 2 fully saturated rings. The van der Waals surface area contributed by atoms with Gasteiger partial charge in [0, 0.05) is 32.6 Å². The van der Waals surface area contributed by atoms with Crippen LogP contribution in [-0.2, 0) is 9.59 Å². The van der Waals surface area contributed by atoms with Crippen LogP contribution in [0.3, 0.4) is 0 Å². The molecular formula is C15H27N3O2. The Kier molecular flexibility index (Phi) is 5.40. The van der Waals surface area contributed by atoms with Crippen LogP contribution in [0.4, 0.5) is 0 Å². The van der Waals surface area contributed by atoms with E-state index in [2.05, 4.69) is 19.2 Å². The van der Waals surface area contributed by atoms with Gasteiger partial charge in [-0.1, -0.05) is 20.3 Å². The summed E-state index contributed by atoms with van der Waals surface area (Å²) in [4.78, 5) is 28.2. The summed E-state index contributed by atoms with van der Waals surface area (Å²) < 4.78 is 0. The molecule has 2 aliphatic rings. The van der Waals surface area contributed by atoms with Crippen LogP contribution in [-0.4, -0.2) is 60.4 Å². The molecule has 20 heavy (non-hydrogen) atoms. The number of amides is 2. The molecular weight excluding hydrogens is 254 g/mol. The maximum absolute atomic E-state index is 12.4. The molecule has 0 bridgehead atoms. The standard InChI is InChI=1S/C15H27N3O2/c1-12(2)11-14(19)17-7-9-18(10-8-17)15(20)13-5-3-4-6-16-13/h12-13,16H,3-11H2,1-2H3/t13-/m1/s1. The van der Waals surface area contributed by atoms with Crippen LogP contribution in [0.5, 0.6) is 0 Å². The molecule has 0 radical (unpaired) electrons. The summed E-state index contributed by atoms with van der Waals surface area (Å²) in [7, 11) is 0. The minimum absolute atomic E-state index is 0.00154. The van der Waals surface area contributed by atoms with Crippen molar-refractivity contribution < 1.29 is 9.59 Å². The maximum atomic E-state index is 12.4. The average Bonchev–Trinajstić information content (AvgIpc) is 2.47. The monoisotopic (exact) mass is 281 g/mol. The van der Waals surface area contributed by atoms with Gasteiger partial charge < -0.3 is 15.1 Å². The molecule has 0 unspecified atom stereocenters. The first-order valence-corrected chi connectivity index (χ1v) is 7.88. The third-order valence-corrected chi connectivity index (χ3v) is 4.14. The van der Waals surface area contributed by atoms with Crippen LogP contribution in [0.25, 0.3) is 0 Å². The summed E-state index contributed by atoms with van der Waals surface area (Å²) in [5, 5.41) is 3.30. The van der Waals surface area contributed by atoms with Crippen LogP contribution < -0.4 is 5.32 Å². The van der Waals surface area contributed by atoms with Gasteiger partial charge in [-0.05, 0) is 25.3 Å². The minimum Gasteiger partial charge on any atom is -0.339 e. The summed E-state index contributed by atoms with van der Waals surface area (Å²) in [6, 6.07) is 0.00154. The second kappa shape index (κ2) is 7.07. The molecule has 2 rings (SSSR count). The number of rotatable bonds is 3. The van der Waals surface area contributed by atoms with Gasteiger partial charge in [-0.2, -0.15) is 0 Å². The van der Waals surface area contributed by atoms with Crippen molar-refractivity contribution in [3.8, 4) is 0 Å². The average molecular weight is 281 g/mol. The molecule has 0 aromatic heterocycles. The van der Waals surface area contributed by atoms with Gasteiger partial charge in [0.05, 0.1) is 6.04 Å². The van der Waals surface area contributed by atoms with Crippen molar-refractivity contribution >= 4 is 11.8 Å². The number of nitrogens with zero attached hydrogens (tertiary/aromatic N) is 2. The second-order valence-corrected chi connectivity index (χ2v) is 6.31. The highest BCUT2D eigenvalue weighted by atomic mass is 16.2. The highest BCUT2D eigenvalue weighted by Gasteiger charge is 2.29. The van der Waals surface area contributed by atoms with Gasteiger partial charge in [-0.25, -0.2) is 0 Å². The van der Waals surface area contributed by atoms with E-state index in [9.17, 15) is 9.59 Å². The molecule has 2 amide bonds. The normalized spacial score (nSPS) is 24.1. The second-order valence-electron chi connectivity index (χ2n) is 6.31. The Labute approximate surface area is 121 Å². The fraction of sp³-hybridized carbons (Fsp3) is 0.867. The topological polar surface area (TPSA) is 52.7 Å². The van der Waals surface area contributed by atoms with Crippen LogP contribution >= 0.6 is 0 Å². The molecule has 0 aromatic rings. The van der Waals surface area contributed by atoms with Crippen molar-refractivity contribution in [1.29, 1.82) is 0 Å². The summed E-state index contributed by atoms with van der Waals surface area (Å²) in [6.07, 6.45) is 3.86. The van der Waals surface area contributed by atoms with Gasteiger partial charge in [-0.15, -0.1) is 0 Å². The molecule has 5 nitrogen and oxygen atoms in total. The minimum atomic E-state index is 0.00154. The lowest BCUT2D eigenvalue weighted by molar-refractivity contribution is -0.141. The SMILES string of the molecule is CC(C)CC(=O)N1CCN(C(=O)[C@H]2CCCCN2)CC1. The Morgan fingerprint density at radius 1 is 1.10 bits per heavy atom. The predicted molar refractivity (Wildman–Crippen MR) is 78.3 cm³/mol. The molecule has 5 heteroatoms. The Bertz CT molecular complexity index is 343. The number of carbonyl (C=O) groups is 2. The largest absolute Gasteiger partial charge is 0.339 e. The number of nitrogens with one attached hydrogen (secondary N) is 1. The summed E-state index contributed by atoms with van der Waals surface area (Å²) in [5.74, 6) is 0.845. The van der Waals surface area contributed by atoms with Crippen molar-refractivity contribution in [2.24, 2.45) is 5.92 Å². The third-order valence-electron chi connectivity index (χ3n) is 4.14. The number of hydrogen-bond acceptors (Lipinski definition) is 3. The summed E-state index contributed by atoms with van der Waals surface area (Å²) in [6.45, 7) is 7.80. The van der Waals surface area contributed by atoms with Crippen molar-refractivity contribution in [1.82, 2.24) is 15.1 Å². The van der Waals surface area contributed by atoms with Gasteiger partial charge in [0.15, 0.2) is 0 Å². The third kappa shape index (κ3) is 3.95. The van der Waals surface area contributed by atoms with E-state index in [1.54, 1.807) is 0 Å². The van der Waals surface area contributed by atoms with E-state index in [1.165, 1.54) is 6.42 Å². The highest BCUT2D eigenvalue weighted by molar-refractivity contribution is 5.82. The van der Waals surface area contributed by atoms with E-state index < -0.39 is 0 Å². The zero-order chi connectivity index (χ0) is 14.5. The Morgan fingerprint density at radius 3 is 2.30 bits per heavy atom. The molecule has 2 heterocycles. The Balaban J connectivity index is 1.78. The molecule has 0 saturated carbocycles. The fourth-order valence-electron chi connectivity index (χ4n) is 2.94. The van der Waals surface area contributed by atoms with E-state index in [0.29, 0.717) is 38.5 Å². The molecule has 1 atom stereocenters. The Morgan fingerprint density at radius 2 is 1.75 bits per heavy atom. The molecule has 2 saturated heterocycles. The first-order chi connectivity index (χ1) is 9.58. The molecule has 114 valence electrons. The lowest BCUT2D eigenvalue weighted by atomic mass is 10.0. The van der Waals surface area contributed by atoms with Crippen molar-refractivity contribution in [3.63, 3.8) is 0 Å². The van der Waals surface area contributed by atoms with E-state index in [0.717, 1.165) is 19.4 Å². The molecule has 2 aliphatic heterocycles. The fourth-order valence-corrected chi connectivity index (χ4v) is 2.94. The van der Waals surface area contributed by atoms with Crippen molar-refractivity contribution in [2.75, 3.05) is 32.7 Å². The number of carbonyl (C=O) groups excluding carboxylic acids is 2. The van der Waals surface area contributed by atoms with Gasteiger partial charge in [0.1, 0.15) is 0 Å². The lowest BCUT2D eigenvalue weighted by Gasteiger charge is -2.37. The van der Waals surface area contributed by atoms with Gasteiger partial charge >= 0.3 is 0 Å². The number of hydrogen-bond donors (Lipinski definition) is 1. The predicted octanol–water partition coefficient (Wildman–Crippen LogP) is 0.845. The zero-order valence-corrected chi connectivity index (χ0v) is 12.7. The van der Waals surface area contributed by atoms with E-state index in [-0.39, 0.29) is 17.9 Å². The van der Waals surface area contributed by atoms with Crippen LogP contribution in [0.15, 0.2) is 0 Å². The zero-order valence-electron chi connectivity index (χ0n) is 12.7. The van der Waals surface area contributed by atoms with Crippen molar-refractivity contribution in [3.05, 3.63) is 0 Å². The van der Waals surface area contributed by atoms with Crippen LogP contribution in [0.2, 0.25) is 0 Å². The van der Waals surface area contributed by atoms with Gasteiger partial charge in [-0.3, -0.25) is 9.59 Å². The van der Waals surface area contributed by atoms with E-state index >= 15 is 0 Å². The molecule has 1 N–H and O–H groups in total. The first kappa shape index (κ1) is 15.3. The van der Waals surface area contributed by atoms with E-state index in [4.69, 9.17) is 0 Å². The van der Waals surface area contributed by atoms with E-state index in [1.807, 2.05) is 9.80 Å². The van der Waals surface area contributed by atoms with Gasteiger partial charge in [0.2, 0.25) is 11.8 Å². The lowest BCUT2D eigenvalue weighted by Crippen LogP contribution is -2.56. The smallest absolute Gasteiger partial charge is 0.239 e. The number of piperidine rings is 1. The highest BCUT2D eigenvalue weighted by Crippen LogP contribution is 2.13. The number of piperazine rings is 1. The van der Waals surface area contributed by atoms with Gasteiger partial charge in [0.25, 0.3) is 0 Å². The van der Waals surface area contributed by atoms with Crippen LogP contribution in [0.1, 0.15) is 39.5 Å². The summed E-state index contributed by atoms with van der Waals surface area (Å²) in [5.41, 5.74) is 0. The molecule has 0 aliphatic carbocycles. The van der Waals surface area contributed by atoms with Crippen molar-refractivity contribution in [2.45, 2.75) is 45.6 Å². The quantitative estimate of drug-likeness (QED) is 0.834. The summed E-state index contributed by atoms with van der Waals surface area (Å²) >= 11 is 0. The molecule has 0 spiro atoms. The van der Waals surface area contributed by atoms with Crippen LogP contribution in [0, 0.1) is 5.92 Å². The molecule has 0 aromatic carbocycles.